The van der Waals surface area contributed by atoms with E-state index in [1.165, 1.54) is 31.6 Å². The van der Waals surface area contributed by atoms with Crippen LogP contribution in [0.4, 0.5) is 5.69 Å². The third-order valence-electron chi connectivity index (χ3n) is 3.97. The minimum Gasteiger partial charge on any atom is -0.372 e. The Bertz CT molecular complexity index is 453. The fourth-order valence-corrected chi connectivity index (χ4v) is 2.59. The molecule has 0 saturated carbocycles. The molecule has 3 nitrogen and oxygen atoms in total. The molecule has 0 amide bonds. The lowest BCUT2D eigenvalue weighted by Crippen LogP contribution is -2.42. The van der Waals surface area contributed by atoms with Gasteiger partial charge < -0.3 is 9.80 Å². The van der Waals surface area contributed by atoms with Gasteiger partial charge in [0.2, 0.25) is 0 Å². The lowest BCUT2D eigenvalue weighted by atomic mass is 10.0. The summed E-state index contributed by atoms with van der Waals surface area (Å²) in [5, 5.41) is 8.96. The molecule has 2 rings (SSSR count). The summed E-state index contributed by atoms with van der Waals surface area (Å²) < 4.78 is 0. The normalized spacial score (nSPS) is 17.4. The van der Waals surface area contributed by atoms with Gasteiger partial charge in [0.05, 0.1) is 11.6 Å². The summed E-state index contributed by atoms with van der Waals surface area (Å²) in [7, 11) is 4.35. The second kappa shape index (κ2) is 5.41. The van der Waals surface area contributed by atoms with E-state index < -0.39 is 0 Å². The lowest BCUT2D eigenvalue weighted by Gasteiger charge is -2.36. The maximum Gasteiger partial charge on any atom is 0.0994 e. The van der Waals surface area contributed by atoms with Crippen LogP contribution in [0.2, 0.25) is 0 Å². The first-order valence-corrected chi connectivity index (χ1v) is 6.54. The van der Waals surface area contributed by atoms with Crippen LogP contribution in [0.1, 0.15) is 24.0 Å². The SMILES string of the molecule is Cc1cc(N(C)C2CCN(C)CC2)ccc1C#N. The molecular formula is C15H21N3. The maximum absolute atomic E-state index is 8.96. The van der Waals surface area contributed by atoms with Crippen LogP contribution in [0.3, 0.4) is 0 Å². The summed E-state index contributed by atoms with van der Waals surface area (Å²) in [6.45, 7) is 4.35. The van der Waals surface area contributed by atoms with E-state index in [0.717, 1.165) is 11.1 Å². The number of piperidine rings is 1. The van der Waals surface area contributed by atoms with Crippen molar-refractivity contribution in [2.75, 3.05) is 32.1 Å². The molecule has 1 aromatic rings. The van der Waals surface area contributed by atoms with E-state index in [1.54, 1.807) is 0 Å². The molecule has 3 heteroatoms. The van der Waals surface area contributed by atoms with Crippen LogP contribution in [-0.4, -0.2) is 38.1 Å². The third kappa shape index (κ3) is 2.65. The highest BCUT2D eigenvalue weighted by molar-refractivity contribution is 5.53. The molecule has 0 atom stereocenters. The number of nitrogens with zero attached hydrogens (tertiary/aromatic N) is 3. The van der Waals surface area contributed by atoms with Crippen molar-refractivity contribution in [3.05, 3.63) is 29.3 Å². The van der Waals surface area contributed by atoms with Gasteiger partial charge in [0.1, 0.15) is 0 Å². The maximum atomic E-state index is 8.96. The molecule has 0 aliphatic carbocycles. The second-order valence-corrected chi connectivity index (χ2v) is 5.26. The average molecular weight is 243 g/mol. The summed E-state index contributed by atoms with van der Waals surface area (Å²) in [6, 6.07) is 8.95. The first-order chi connectivity index (χ1) is 8.61. The molecular weight excluding hydrogens is 222 g/mol. The number of likely N-dealkylation sites (tertiary alicyclic amines) is 1. The molecule has 0 N–H and O–H groups in total. The minimum atomic E-state index is 0.619. The van der Waals surface area contributed by atoms with E-state index in [9.17, 15) is 0 Å². The molecule has 1 aromatic carbocycles. The number of hydrogen-bond acceptors (Lipinski definition) is 3. The van der Waals surface area contributed by atoms with Gasteiger partial charge in [-0.3, -0.25) is 0 Å². The minimum absolute atomic E-state index is 0.619. The van der Waals surface area contributed by atoms with Crippen LogP contribution in [-0.2, 0) is 0 Å². The van der Waals surface area contributed by atoms with Crippen LogP contribution in [0, 0.1) is 18.3 Å². The standard InChI is InChI=1S/C15H21N3/c1-12-10-15(5-4-13(12)11-16)18(3)14-6-8-17(2)9-7-14/h4-5,10,14H,6-9H2,1-3H3. The number of anilines is 1. The van der Waals surface area contributed by atoms with Crippen molar-refractivity contribution in [3.63, 3.8) is 0 Å². The fourth-order valence-electron chi connectivity index (χ4n) is 2.59. The zero-order valence-corrected chi connectivity index (χ0v) is 11.5. The number of nitriles is 1. The highest BCUT2D eigenvalue weighted by Crippen LogP contribution is 2.23. The Morgan fingerprint density at radius 3 is 2.56 bits per heavy atom. The van der Waals surface area contributed by atoms with Crippen LogP contribution >= 0.6 is 0 Å². The number of aryl methyl sites for hydroxylation is 1. The van der Waals surface area contributed by atoms with E-state index in [0.29, 0.717) is 6.04 Å². The zero-order chi connectivity index (χ0) is 13.1. The molecule has 0 bridgehead atoms. The molecule has 0 unspecified atom stereocenters. The summed E-state index contributed by atoms with van der Waals surface area (Å²) in [5.74, 6) is 0. The highest BCUT2D eigenvalue weighted by atomic mass is 15.2. The van der Waals surface area contributed by atoms with Gasteiger partial charge in [-0.1, -0.05) is 0 Å². The second-order valence-electron chi connectivity index (χ2n) is 5.26. The van der Waals surface area contributed by atoms with Crippen LogP contribution in [0.15, 0.2) is 18.2 Å². The van der Waals surface area contributed by atoms with Gasteiger partial charge in [-0.15, -0.1) is 0 Å². The van der Waals surface area contributed by atoms with Crippen molar-refractivity contribution in [3.8, 4) is 6.07 Å². The van der Waals surface area contributed by atoms with Crippen LogP contribution in [0.25, 0.3) is 0 Å². The topological polar surface area (TPSA) is 30.3 Å². The predicted molar refractivity (Wildman–Crippen MR) is 74.8 cm³/mol. The van der Waals surface area contributed by atoms with Crippen molar-refractivity contribution in [2.24, 2.45) is 0 Å². The van der Waals surface area contributed by atoms with Gasteiger partial charge in [0.15, 0.2) is 0 Å². The first kappa shape index (κ1) is 12.9. The van der Waals surface area contributed by atoms with Crippen molar-refractivity contribution in [1.29, 1.82) is 5.26 Å². The Kier molecular flexibility index (Phi) is 3.88. The van der Waals surface area contributed by atoms with E-state index >= 15 is 0 Å². The van der Waals surface area contributed by atoms with E-state index in [4.69, 9.17) is 5.26 Å². The molecule has 0 aromatic heterocycles. The molecule has 1 aliphatic heterocycles. The molecule has 0 spiro atoms. The summed E-state index contributed by atoms with van der Waals surface area (Å²) in [4.78, 5) is 4.75. The van der Waals surface area contributed by atoms with Crippen LogP contribution in [0.5, 0.6) is 0 Å². The zero-order valence-electron chi connectivity index (χ0n) is 11.5. The Morgan fingerprint density at radius 2 is 2.00 bits per heavy atom. The fraction of sp³-hybridized carbons (Fsp3) is 0.533. The van der Waals surface area contributed by atoms with E-state index in [-0.39, 0.29) is 0 Å². The van der Waals surface area contributed by atoms with Crippen molar-refractivity contribution < 1.29 is 0 Å². The monoisotopic (exact) mass is 243 g/mol. The molecule has 18 heavy (non-hydrogen) atoms. The Hall–Kier alpha value is -1.53. The van der Waals surface area contributed by atoms with Gasteiger partial charge in [-0.25, -0.2) is 0 Å². The first-order valence-electron chi connectivity index (χ1n) is 6.54. The lowest BCUT2D eigenvalue weighted by molar-refractivity contribution is 0.253. The molecule has 96 valence electrons. The summed E-state index contributed by atoms with van der Waals surface area (Å²) >= 11 is 0. The van der Waals surface area contributed by atoms with Gasteiger partial charge in [0, 0.05) is 18.8 Å². The number of rotatable bonds is 2. The van der Waals surface area contributed by atoms with Gasteiger partial charge >= 0.3 is 0 Å². The van der Waals surface area contributed by atoms with Crippen molar-refractivity contribution >= 4 is 5.69 Å². The van der Waals surface area contributed by atoms with Gasteiger partial charge in [0.25, 0.3) is 0 Å². The molecule has 1 saturated heterocycles. The Balaban J connectivity index is 2.11. The smallest absolute Gasteiger partial charge is 0.0994 e. The third-order valence-corrected chi connectivity index (χ3v) is 3.97. The predicted octanol–water partition coefficient (Wildman–Crippen LogP) is 2.40. The van der Waals surface area contributed by atoms with Gasteiger partial charge in [-0.2, -0.15) is 5.26 Å². The molecule has 1 aliphatic rings. The molecule has 0 radical (unpaired) electrons. The van der Waals surface area contributed by atoms with E-state index in [1.807, 2.05) is 13.0 Å². The van der Waals surface area contributed by atoms with Crippen molar-refractivity contribution in [1.82, 2.24) is 4.90 Å². The average Bonchev–Trinajstić information content (AvgIpc) is 2.38. The quantitative estimate of drug-likeness (QED) is 0.799. The Labute approximate surface area is 110 Å². The van der Waals surface area contributed by atoms with Crippen LogP contribution < -0.4 is 4.90 Å². The number of benzene rings is 1. The summed E-state index contributed by atoms with van der Waals surface area (Å²) in [6.07, 6.45) is 2.43. The summed E-state index contributed by atoms with van der Waals surface area (Å²) in [5.41, 5.74) is 3.06. The number of hydrogen-bond donors (Lipinski definition) is 0. The van der Waals surface area contributed by atoms with E-state index in [2.05, 4.69) is 42.1 Å². The Morgan fingerprint density at radius 1 is 1.33 bits per heavy atom. The largest absolute Gasteiger partial charge is 0.372 e. The van der Waals surface area contributed by atoms with Gasteiger partial charge in [-0.05, 0) is 63.7 Å². The van der Waals surface area contributed by atoms with Crippen molar-refractivity contribution in [2.45, 2.75) is 25.8 Å². The highest BCUT2D eigenvalue weighted by Gasteiger charge is 2.20. The molecule has 1 fully saturated rings. The molecule has 1 heterocycles.